The quantitative estimate of drug-likeness (QED) is 0.487. The van der Waals surface area contributed by atoms with Crippen molar-refractivity contribution in [1.82, 2.24) is 0 Å². The summed E-state index contributed by atoms with van der Waals surface area (Å²) >= 11 is 0. The molecule has 2 aromatic rings. The number of halogens is 4. The summed E-state index contributed by atoms with van der Waals surface area (Å²) in [5.74, 6) is -5.08. The molecule has 7 heteroatoms. The van der Waals surface area contributed by atoms with Crippen LogP contribution in [0.25, 0.3) is 6.08 Å². The fraction of sp³-hybridized carbons (Fsp3) is 0.0476. The zero-order chi connectivity index (χ0) is 20.4. The second kappa shape index (κ2) is 7.64. The standard InChI is InChI=1S/C21H13F4NO2/c22-12-4-5-13(18(25)10-12)21(28)14-6-7-20(27)11(9-19(14)26)8-15-16(23)2-1-3-17(15)24/h1-8,10H,9,26H2. The third-order valence-electron chi connectivity index (χ3n) is 4.18. The topological polar surface area (TPSA) is 60.2 Å². The molecule has 2 N–H and O–H groups in total. The van der Waals surface area contributed by atoms with Crippen molar-refractivity contribution in [2.75, 3.05) is 0 Å². The van der Waals surface area contributed by atoms with Crippen molar-refractivity contribution in [2.24, 2.45) is 5.73 Å². The lowest BCUT2D eigenvalue weighted by Gasteiger charge is -2.08. The van der Waals surface area contributed by atoms with Gasteiger partial charge in [0.2, 0.25) is 0 Å². The molecule has 0 aliphatic heterocycles. The van der Waals surface area contributed by atoms with E-state index < -0.39 is 46.0 Å². The first-order chi connectivity index (χ1) is 13.3. The van der Waals surface area contributed by atoms with Gasteiger partial charge in [0.25, 0.3) is 0 Å². The number of allylic oxidation sites excluding steroid dienone is 4. The van der Waals surface area contributed by atoms with Crippen molar-refractivity contribution < 1.29 is 27.2 Å². The summed E-state index contributed by atoms with van der Waals surface area (Å²) in [6.45, 7) is 0. The third kappa shape index (κ3) is 3.78. The van der Waals surface area contributed by atoms with E-state index in [9.17, 15) is 27.2 Å². The highest BCUT2D eigenvalue weighted by atomic mass is 19.1. The number of ketones is 2. The maximum absolute atomic E-state index is 13.9. The molecule has 2 aromatic carbocycles. The lowest BCUT2D eigenvalue weighted by atomic mass is 9.99. The largest absolute Gasteiger partial charge is 0.401 e. The van der Waals surface area contributed by atoms with Gasteiger partial charge in [-0.1, -0.05) is 6.07 Å². The van der Waals surface area contributed by atoms with Gasteiger partial charge in [-0.15, -0.1) is 0 Å². The van der Waals surface area contributed by atoms with Crippen LogP contribution in [0.15, 0.2) is 65.4 Å². The van der Waals surface area contributed by atoms with Crippen LogP contribution in [0.1, 0.15) is 22.3 Å². The maximum atomic E-state index is 13.9. The van der Waals surface area contributed by atoms with Crippen molar-refractivity contribution in [1.29, 1.82) is 0 Å². The molecule has 142 valence electrons. The van der Waals surface area contributed by atoms with Gasteiger partial charge in [0.05, 0.1) is 5.56 Å². The zero-order valence-corrected chi connectivity index (χ0v) is 14.3. The Hall–Kier alpha value is -3.48. The molecule has 0 unspecified atom stereocenters. The van der Waals surface area contributed by atoms with Crippen molar-refractivity contribution in [3.63, 3.8) is 0 Å². The first-order valence-corrected chi connectivity index (χ1v) is 8.13. The summed E-state index contributed by atoms with van der Waals surface area (Å²) in [6, 6.07) is 5.71. The molecule has 0 atom stereocenters. The molecular weight excluding hydrogens is 374 g/mol. The Balaban J connectivity index is 2.02. The van der Waals surface area contributed by atoms with E-state index in [4.69, 9.17) is 5.73 Å². The first kappa shape index (κ1) is 19.3. The fourth-order valence-electron chi connectivity index (χ4n) is 2.75. The van der Waals surface area contributed by atoms with E-state index in [1.54, 1.807) is 0 Å². The Morgan fingerprint density at radius 2 is 1.64 bits per heavy atom. The minimum atomic E-state index is -1.07. The number of carbonyl (C=O) groups excluding carboxylic acids is 2. The highest BCUT2D eigenvalue weighted by molar-refractivity contribution is 6.15. The van der Waals surface area contributed by atoms with Gasteiger partial charge in [-0.25, -0.2) is 17.6 Å². The number of nitrogens with two attached hydrogens (primary N) is 1. The van der Waals surface area contributed by atoms with E-state index in [1.807, 2.05) is 0 Å². The molecule has 0 aromatic heterocycles. The molecule has 0 bridgehead atoms. The monoisotopic (exact) mass is 387 g/mol. The van der Waals surface area contributed by atoms with Crippen LogP contribution in [0.3, 0.4) is 0 Å². The Kier molecular flexibility index (Phi) is 5.26. The fourth-order valence-corrected chi connectivity index (χ4v) is 2.75. The minimum absolute atomic E-state index is 0.0415. The summed E-state index contributed by atoms with van der Waals surface area (Å²) in [5.41, 5.74) is 4.80. The van der Waals surface area contributed by atoms with E-state index in [1.165, 1.54) is 6.07 Å². The molecule has 0 fully saturated rings. The lowest BCUT2D eigenvalue weighted by Crippen LogP contribution is -2.12. The SMILES string of the molecule is NC1=C(C(=O)c2ccc(F)cc2F)C=CC(=O)C(=Cc2c(F)cccc2F)C1. The van der Waals surface area contributed by atoms with E-state index in [2.05, 4.69) is 0 Å². The van der Waals surface area contributed by atoms with Crippen LogP contribution >= 0.6 is 0 Å². The highest BCUT2D eigenvalue weighted by Gasteiger charge is 2.23. The molecule has 3 nitrogen and oxygen atoms in total. The zero-order valence-electron chi connectivity index (χ0n) is 14.3. The predicted molar refractivity (Wildman–Crippen MR) is 95.0 cm³/mol. The van der Waals surface area contributed by atoms with Gasteiger partial charge in [-0.3, -0.25) is 9.59 Å². The molecule has 0 spiro atoms. The number of benzene rings is 2. The van der Waals surface area contributed by atoms with Gasteiger partial charge < -0.3 is 5.73 Å². The van der Waals surface area contributed by atoms with Crippen LogP contribution in [0.4, 0.5) is 17.6 Å². The molecule has 1 aliphatic rings. The maximum Gasteiger partial charge on any atom is 0.197 e. The average molecular weight is 387 g/mol. The normalized spacial score (nSPS) is 15.9. The third-order valence-corrected chi connectivity index (χ3v) is 4.18. The molecule has 0 amide bonds. The molecule has 0 saturated heterocycles. The summed E-state index contributed by atoms with van der Waals surface area (Å²) in [7, 11) is 0. The Labute approximate surface area is 157 Å². The molecule has 28 heavy (non-hydrogen) atoms. The number of hydrogen-bond donors (Lipinski definition) is 1. The highest BCUT2D eigenvalue weighted by Crippen LogP contribution is 2.25. The van der Waals surface area contributed by atoms with Crippen LogP contribution < -0.4 is 5.73 Å². The van der Waals surface area contributed by atoms with Gasteiger partial charge >= 0.3 is 0 Å². The van der Waals surface area contributed by atoms with Crippen molar-refractivity contribution in [3.8, 4) is 0 Å². The second-order valence-corrected chi connectivity index (χ2v) is 6.07. The first-order valence-electron chi connectivity index (χ1n) is 8.13. The summed E-state index contributed by atoms with van der Waals surface area (Å²) in [4.78, 5) is 24.9. The Bertz CT molecular complexity index is 1060. The van der Waals surface area contributed by atoms with Gasteiger partial charge in [-0.2, -0.15) is 0 Å². The Morgan fingerprint density at radius 3 is 2.29 bits per heavy atom. The van der Waals surface area contributed by atoms with Crippen LogP contribution in [-0.2, 0) is 4.79 Å². The van der Waals surface area contributed by atoms with Crippen LogP contribution in [0.5, 0.6) is 0 Å². The number of Topliss-reactive ketones (excluding diaryl/α,β-unsaturated/α-hetero) is 1. The predicted octanol–water partition coefficient (Wildman–Crippen LogP) is 4.25. The van der Waals surface area contributed by atoms with Gasteiger partial charge in [0.15, 0.2) is 11.6 Å². The van der Waals surface area contributed by atoms with Gasteiger partial charge in [0.1, 0.15) is 23.3 Å². The average Bonchev–Trinajstić information content (AvgIpc) is 2.76. The van der Waals surface area contributed by atoms with Crippen LogP contribution in [0, 0.1) is 23.3 Å². The minimum Gasteiger partial charge on any atom is -0.401 e. The number of carbonyl (C=O) groups is 2. The van der Waals surface area contributed by atoms with Crippen molar-refractivity contribution >= 4 is 17.6 Å². The molecule has 0 saturated carbocycles. The van der Waals surface area contributed by atoms with Crippen LogP contribution in [-0.4, -0.2) is 11.6 Å². The van der Waals surface area contributed by atoms with Crippen molar-refractivity contribution in [2.45, 2.75) is 6.42 Å². The van der Waals surface area contributed by atoms with E-state index >= 15 is 0 Å². The summed E-state index contributed by atoms with van der Waals surface area (Å²) in [6.07, 6.45) is 2.88. The summed E-state index contributed by atoms with van der Waals surface area (Å²) in [5, 5.41) is 0. The molecular formula is C21H13F4NO2. The molecule has 3 rings (SSSR count). The molecule has 0 heterocycles. The Morgan fingerprint density at radius 1 is 0.964 bits per heavy atom. The van der Waals surface area contributed by atoms with Crippen molar-refractivity contribution in [3.05, 3.63) is 99.8 Å². The summed E-state index contributed by atoms with van der Waals surface area (Å²) < 4.78 is 54.7. The second-order valence-electron chi connectivity index (χ2n) is 6.07. The van der Waals surface area contributed by atoms with E-state index in [0.29, 0.717) is 6.07 Å². The molecule has 0 radical (unpaired) electrons. The number of rotatable bonds is 3. The molecule has 1 aliphatic carbocycles. The van der Waals surface area contributed by atoms with E-state index in [0.717, 1.165) is 42.5 Å². The lowest BCUT2D eigenvalue weighted by molar-refractivity contribution is -0.111. The smallest absolute Gasteiger partial charge is 0.197 e. The van der Waals surface area contributed by atoms with E-state index in [-0.39, 0.29) is 23.3 Å². The van der Waals surface area contributed by atoms with Crippen LogP contribution in [0.2, 0.25) is 0 Å². The van der Waals surface area contributed by atoms with Gasteiger partial charge in [0, 0.05) is 34.9 Å². The van der Waals surface area contributed by atoms with Gasteiger partial charge in [-0.05, 0) is 42.5 Å². The number of hydrogen-bond acceptors (Lipinski definition) is 3.